The van der Waals surface area contributed by atoms with Crippen LogP contribution < -0.4 is 15.0 Å². The summed E-state index contributed by atoms with van der Waals surface area (Å²) in [6.07, 6.45) is 0. The maximum Gasteiger partial charge on any atom is 0.255 e. The van der Waals surface area contributed by atoms with Gasteiger partial charge in [-0.1, -0.05) is 0 Å². The second-order valence-electron chi connectivity index (χ2n) is 5.04. The summed E-state index contributed by atoms with van der Waals surface area (Å²) in [4.78, 5) is 14.1. The van der Waals surface area contributed by atoms with E-state index in [0.29, 0.717) is 18.0 Å². The molecular formula is C16H14F2N2O2. The Morgan fingerprint density at radius 2 is 2.00 bits per heavy atom. The highest BCUT2D eigenvalue weighted by Gasteiger charge is 2.16. The fourth-order valence-corrected chi connectivity index (χ4v) is 2.28. The summed E-state index contributed by atoms with van der Waals surface area (Å²) in [5.74, 6) is -1.87. The lowest BCUT2D eigenvalue weighted by atomic mass is 10.2. The van der Waals surface area contributed by atoms with Gasteiger partial charge < -0.3 is 15.0 Å². The van der Waals surface area contributed by atoms with Crippen molar-refractivity contribution in [2.75, 3.05) is 30.4 Å². The van der Waals surface area contributed by atoms with E-state index in [1.54, 1.807) is 12.1 Å². The van der Waals surface area contributed by atoms with Crippen molar-refractivity contribution < 1.29 is 18.3 Å². The Bertz CT molecular complexity index is 734. The number of ether oxygens (including phenoxy) is 1. The Kier molecular flexibility index (Phi) is 3.66. The molecule has 0 atom stereocenters. The lowest BCUT2D eigenvalue weighted by molar-refractivity contribution is 0.102. The molecule has 1 aliphatic rings. The number of likely N-dealkylation sites (N-methyl/N-ethyl adjacent to an activating group) is 1. The minimum Gasteiger partial charge on any atom is -0.489 e. The number of nitrogens with one attached hydrogen (secondary N) is 1. The first-order chi connectivity index (χ1) is 10.5. The molecule has 0 spiro atoms. The fraction of sp³-hybridized carbons (Fsp3) is 0.188. The molecule has 0 unspecified atom stereocenters. The molecule has 0 bridgehead atoms. The van der Waals surface area contributed by atoms with E-state index < -0.39 is 17.5 Å². The van der Waals surface area contributed by atoms with Crippen LogP contribution in [0.2, 0.25) is 0 Å². The molecule has 0 aliphatic carbocycles. The van der Waals surface area contributed by atoms with E-state index in [0.717, 1.165) is 24.4 Å². The number of amides is 1. The number of hydrogen-bond donors (Lipinski definition) is 1. The molecule has 2 aromatic carbocycles. The van der Waals surface area contributed by atoms with Gasteiger partial charge in [-0.3, -0.25) is 4.79 Å². The minimum atomic E-state index is -1.05. The van der Waals surface area contributed by atoms with Gasteiger partial charge in [-0.25, -0.2) is 8.78 Å². The normalized spacial score (nSPS) is 13.3. The lowest BCUT2D eigenvalue weighted by Gasteiger charge is -2.27. The van der Waals surface area contributed by atoms with E-state index in [9.17, 15) is 13.6 Å². The summed E-state index contributed by atoms with van der Waals surface area (Å²) >= 11 is 0. The highest BCUT2D eigenvalue weighted by molar-refractivity contribution is 6.04. The van der Waals surface area contributed by atoms with Gasteiger partial charge >= 0.3 is 0 Å². The van der Waals surface area contributed by atoms with Crippen LogP contribution in [0.4, 0.5) is 20.2 Å². The van der Waals surface area contributed by atoms with Gasteiger partial charge in [-0.2, -0.15) is 0 Å². The van der Waals surface area contributed by atoms with Crippen molar-refractivity contribution in [1.82, 2.24) is 0 Å². The van der Waals surface area contributed by atoms with E-state index in [2.05, 4.69) is 10.2 Å². The van der Waals surface area contributed by atoms with Crippen LogP contribution in [-0.4, -0.2) is 26.1 Å². The third-order valence-corrected chi connectivity index (χ3v) is 3.49. The minimum absolute atomic E-state index is 0.0506. The Hall–Kier alpha value is -2.63. The third kappa shape index (κ3) is 2.72. The maximum absolute atomic E-state index is 13.2. The predicted octanol–water partition coefficient (Wildman–Crippen LogP) is 3.05. The molecule has 0 aromatic heterocycles. The fourth-order valence-electron chi connectivity index (χ4n) is 2.28. The van der Waals surface area contributed by atoms with E-state index in [-0.39, 0.29) is 5.56 Å². The molecule has 0 saturated heterocycles. The van der Waals surface area contributed by atoms with Gasteiger partial charge in [0.15, 0.2) is 11.6 Å². The number of carbonyl (C=O) groups is 1. The molecule has 22 heavy (non-hydrogen) atoms. The van der Waals surface area contributed by atoms with Crippen LogP contribution >= 0.6 is 0 Å². The molecule has 1 aliphatic heterocycles. The van der Waals surface area contributed by atoms with Crippen molar-refractivity contribution in [3.8, 4) is 5.75 Å². The topological polar surface area (TPSA) is 41.6 Å². The van der Waals surface area contributed by atoms with Crippen molar-refractivity contribution in [3.05, 3.63) is 53.6 Å². The van der Waals surface area contributed by atoms with Gasteiger partial charge in [0, 0.05) is 24.4 Å². The van der Waals surface area contributed by atoms with Crippen molar-refractivity contribution in [1.29, 1.82) is 0 Å². The van der Waals surface area contributed by atoms with Crippen LogP contribution in [0.15, 0.2) is 36.4 Å². The average molecular weight is 304 g/mol. The standard InChI is InChI=1S/C16H14F2N2O2/c1-20-6-7-22-15-9-11(3-5-14(15)20)19-16(21)10-2-4-12(17)13(18)8-10/h2-5,8-9H,6-7H2,1H3,(H,19,21). The Balaban J connectivity index is 1.80. The summed E-state index contributed by atoms with van der Waals surface area (Å²) < 4.78 is 31.6. The summed E-state index contributed by atoms with van der Waals surface area (Å²) in [5, 5.41) is 2.64. The number of halogens is 2. The number of hydrogen-bond acceptors (Lipinski definition) is 3. The summed E-state index contributed by atoms with van der Waals surface area (Å²) in [5.41, 5.74) is 1.52. The summed E-state index contributed by atoms with van der Waals surface area (Å²) in [7, 11) is 1.96. The molecular weight excluding hydrogens is 290 g/mol. The van der Waals surface area contributed by atoms with Crippen molar-refractivity contribution in [2.45, 2.75) is 0 Å². The van der Waals surface area contributed by atoms with Gasteiger partial charge in [-0.15, -0.1) is 0 Å². The van der Waals surface area contributed by atoms with Gasteiger partial charge in [0.1, 0.15) is 12.4 Å². The number of carbonyl (C=O) groups excluding carboxylic acids is 1. The van der Waals surface area contributed by atoms with Gasteiger partial charge in [0.25, 0.3) is 5.91 Å². The highest BCUT2D eigenvalue weighted by Crippen LogP contribution is 2.33. The first-order valence-corrected chi connectivity index (χ1v) is 6.79. The van der Waals surface area contributed by atoms with Gasteiger partial charge in [-0.05, 0) is 30.3 Å². The lowest BCUT2D eigenvalue weighted by Crippen LogP contribution is -2.28. The number of anilines is 2. The van der Waals surface area contributed by atoms with Crippen molar-refractivity contribution in [3.63, 3.8) is 0 Å². The zero-order valence-corrected chi connectivity index (χ0v) is 11.9. The van der Waals surface area contributed by atoms with Crippen LogP contribution in [0.25, 0.3) is 0 Å². The quantitative estimate of drug-likeness (QED) is 0.927. The Labute approximate surface area is 126 Å². The number of benzene rings is 2. The molecule has 0 fully saturated rings. The summed E-state index contributed by atoms with van der Waals surface area (Å²) in [6.45, 7) is 1.37. The molecule has 4 nitrogen and oxygen atoms in total. The first-order valence-electron chi connectivity index (χ1n) is 6.79. The molecule has 6 heteroatoms. The van der Waals surface area contributed by atoms with Crippen LogP contribution in [0, 0.1) is 11.6 Å². The van der Waals surface area contributed by atoms with Crippen molar-refractivity contribution >= 4 is 17.3 Å². The van der Waals surface area contributed by atoms with E-state index in [1.807, 2.05) is 13.1 Å². The third-order valence-electron chi connectivity index (χ3n) is 3.49. The summed E-state index contributed by atoms with van der Waals surface area (Å²) in [6, 6.07) is 8.32. The van der Waals surface area contributed by atoms with Crippen molar-refractivity contribution in [2.24, 2.45) is 0 Å². The largest absolute Gasteiger partial charge is 0.489 e. The zero-order chi connectivity index (χ0) is 15.7. The Morgan fingerprint density at radius 3 is 2.77 bits per heavy atom. The number of rotatable bonds is 2. The molecule has 114 valence electrons. The van der Waals surface area contributed by atoms with E-state index >= 15 is 0 Å². The second kappa shape index (κ2) is 5.63. The van der Waals surface area contributed by atoms with Gasteiger partial charge in [0.2, 0.25) is 0 Å². The van der Waals surface area contributed by atoms with Crippen LogP contribution in [0.5, 0.6) is 5.75 Å². The number of nitrogens with zero attached hydrogens (tertiary/aromatic N) is 1. The monoisotopic (exact) mass is 304 g/mol. The predicted molar refractivity (Wildman–Crippen MR) is 79.5 cm³/mol. The maximum atomic E-state index is 13.2. The first kappa shape index (κ1) is 14.3. The van der Waals surface area contributed by atoms with Crippen LogP contribution in [0.1, 0.15) is 10.4 Å². The molecule has 3 rings (SSSR count). The highest BCUT2D eigenvalue weighted by atomic mass is 19.2. The molecule has 1 N–H and O–H groups in total. The average Bonchev–Trinajstić information content (AvgIpc) is 2.50. The molecule has 1 heterocycles. The molecule has 0 radical (unpaired) electrons. The second-order valence-corrected chi connectivity index (χ2v) is 5.04. The molecule has 2 aromatic rings. The molecule has 1 amide bonds. The van der Waals surface area contributed by atoms with E-state index in [1.165, 1.54) is 6.07 Å². The zero-order valence-electron chi connectivity index (χ0n) is 11.9. The van der Waals surface area contributed by atoms with Gasteiger partial charge in [0.05, 0.1) is 12.2 Å². The van der Waals surface area contributed by atoms with Crippen LogP contribution in [-0.2, 0) is 0 Å². The molecule has 0 saturated carbocycles. The van der Waals surface area contributed by atoms with Crippen LogP contribution in [0.3, 0.4) is 0 Å². The Morgan fingerprint density at radius 1 is 1.18 bits per heavy atom. The SMILES string of the molecule is CN1CCOc2cc(NC(=O)c3ccc(F)c(F)c3)ccc21. The van der Waals surface area contributed by atoms with E-state index in [4.69, 9.17) is 4.74 Å². The smallest absolute Gasteiger partial charge is 0.255 e. The number of fused-ring (bicyclic) bond motifs is 1.